The topological polar surface area (TPSA) is 42.0 Å². The molecule has 0 spiro atoms. The summed E-state index contributed by atoms with van der Waals surface area (Å²) in [6.45, 7) is -1.31. The first kappa shape index (κ1) is 16.4. The van der Waals surface area contributed by atoms with E-state index in [0.29, 0.717) is 12.1 Å². The van der Waals surface area contributed by atoms with E-state index in [1.54, 1.807) is 30.5 Å². The first-order valence-electron chi connectivity index (χ1n) is 7.40. The maximum absolute atomic E-state index is 12.9. The highest BCUT2D eigenvalue weighted by Gasteiger charge is 2.44. The average molecular weight is 338 g/mol. The maximum atomic E-state index is 12.9. The minimum absolute atomic E-state index is 0.104. The molecule has 1 aromatic heterocycles. The molecule has 3 nitrogen and oxygen atoms in total. The van der Waals surface area contributed by atoms with E-state index in [9.17, 15) is 22.4 Å². The fourth-order valence-corrected chi connectivity index (χ4v) is 2.59. The van der Waals surface area contributed by atoms with E-state index >= 15 is 0 Å². The number of nitrogens with zero attached hydrogens (tertiary/aromatic N) is 1. The van der Waals surface area contributed by atoms with Crippen molar-refractivity contribution >= 4 is 5.91 Å². The summed E-state index contributed by atoms with van der Waals surface area (Å²) in [5.41, 5.74) is 2.24. The first-order chi connectivity index (χ1) is 11.3. The summed E-state index contributed by atoms with van der Waals surface area (Å²) >= 11 is 0. The molecule has 1 amide bonds. The van der Waals surface area contributed by atoms with Gasteiger partial charge in [0.15, 0.2) is 0 Å². The van der Waals surface area contributed by atoms with Gasteiger partial charge in [-0.15, -0.1) is 0 Å². The standard InChI is InChI=1S/C17H14F4N2O/c18-12-4-1-10(2-5-12)15-6-3-11(8-22-15)13-7-14(13)16(24)23-9-17(19,20)21/h1-6,8,13-14H,7,9H2,(H,23,24)/t13-,14+/m1/s1. The number of hydrogen-bond donors (Lipinski definition) is 1. The Morgan fingerprint density at radius 1 is 1.17 bits per heavy atom. The third-order valence-corrected chi connectivity index (χ3v) is 3.94. The van der Waals surface area contributed by atoms with Gasteiger partial charge in [-0.25, -0.2) is 4.39 Å². The molecule has 1 saturated carbocycles. The van der Waals surface area contributed by atoms with Gasteiger partial charge in [0.25, 0.3) is 0 Å². The second-order valence-corrected chi connectivity index (χ2v) is 5.77. The molecule has 126 valence electrons. The van der Waals surface area contributed by atoms with Crippen LogP contribution in [0.2, 0.25) is 0 Å². The van der Waals surface area contributed by atoms with Gasteiger partial charge in [-0.2, -0.15) is 13.2 Å². The van der Waals surface area contributed by atoms with Crippen molar-refractivity contribution in [3.8, 4) is 11.3 Å². The summed E-state index contributed by atoms with van der Waals surface area (Å²) in [6, 6.07) is 9.46. The van der Waals surface area contributed by atoms with Gasteiger partial charge in [0.1, 0.15) is 12.4 Å². The molecule has 1 aliphatic carbocycles. The molecule has 1 aliphatic rings. The van der Waals surface area contributed by atoms with Gasteiger partial charge in [0, 0.05) is 17.7 Å². The molecular formula is C17H14F4N2O. The molecule has 0 radical (unpaired) electrons. The van der Waals surface area contributed by atoms with Crippen LogP contribution in [0.4, 0.5) is 17.6 Å². The van der Waals surface area contributed by atoms with Crippen LogP contribution in [-0.4, -0.2) is 23.6 Å². The quantitative estimate of drug-likeness (QED) is 0.865. The molecule has 1 fully saturated rings. The Labute approximate surface area is 135 Å². The maximum Gasteiger partial charge on any atom is 0.405 e. The van der Waals surface area contributed by atoms with E-state index in [1.807, 2.05) is 5.32 Å². The van der Waals surface area contributed by atoms with Crippen molar-refractivity contribution in [1.29, 1.82) is 0 Å². The molecule has 0 bridgehead atoms. The van der Waals surface area contributed by atoms with Crippen molar-refractivity contribution in [2.24, 2.45) is 5.92 Å². The number of carbonyl (C=O) groups excluding carboxylic acids is 1. The Morgan fingerprint density at radius 3 is 2.46 bits per heavy atom. The van der Waals surface area contributed by atoms with E-state index in [-0.39, 0.29) is 11.7 Å². The van der Waals surface area contributed by atoms with Gasteiger partial charge in [-0.05, 0) is 48.2 Å². The summed E-state index contributed by atoms with van der Waals surface area (Å²) in [5.74, 6) is -1.46. The third-order valence-electron chi connectivity index (χ3n) is 3.94. The van der Waals surface area contributed by atoms with Gasteiger partial charge in [0.05, 0.1) is 5.69 Å². The van der Waals surface area contributed by atoms with Crippen LogP contribution in [0.25, 0.3) is 11.3 Å². The second-order valence-electron chi connectivity index (χ2n) is 5.77. The smallest absolute Gasteiger partial charge is 0.347 e. The number of rotatable bonds is 4. The van der Waals surface area contributed by atoms with Gasteiger partial charge >= 0.3 is 6.18 Å². The number of benzene rings is 1. The van der Waals surface area contributed by atoms with Gasteiger partial charge in [-0.1, -0.05) is 6.07 Å². The lowest BCUT2D eigenvalue weighted by Crippen LogP contribution is -2.34. The van der Waals surface area contributed by atoms with Crippen LogP contribution in [0, 0.1) is 11.7 Å². The van der Waals surface area contributed by atoms with Gasteiger partial charge in [0.2, 0.25) is 5.91 Å². The highest BCUT2D eigenvalue weighted by atomic mass is 19.4. The lowest BCUT2D eigenvalue weighted by Gasteiger charge is -2.08. The van der Waals surface area contributed by atoms with Crippen LogP contribution in [0.15, 0.2) is 42.6 Å². The summed E-state index contributed by atoms with van der Waals surface area (Å²) in [4.78, 5) is 16.0. The van der Waals surface area contributed by atoms with Crippen LogP contribution in [0.3, 0.4) is 0 Å². The van der Waals surface area contributed by atoms with Gasteiger partial charge < -0.3 is 5.32 Å². The Kier molecular flexibility index (Phi) is 4.26. The molecular weight excluding hydrogens is 324 g/mol. The van der Waals surface area contributed by atoms with Crippen molar-refractivity contribution in [2.45, 2.75) is 18.5 Å². The number of alkyl halides is 3. The normalized spacial score (nSPS) is 19.8. The largest absolute Gasteiger partial charge is 0.405 e. The molecule has 24 heavy (non-hydrogen) atoms. The Bertz CT molecular complexity index is 726. The number of carbonyl (C=O) groups is 1. The Balaban J connectivity index is 1.61. The van der Waals surface area contributed by atoms with Crippen molar-refractivity contribution in [3.05, 3.63) is 54.0 Å². The van der Waals surface area contributed by atoms with Crippen LogP contribution in [0.5, 0.6) is 0 Å². The lowest BCUT2D eigenvalue weighted by atomic mass is 10.1. The SMILES string of the molecule is O=C(NCC(F)(F)F)[C@H]1C[C@@H]1c1ccc(-c2ccc(F)cc2)nc1. The van der Waals surface area contributed by atoms with E-state index in [1.165, 1.54) is 12.1 Å². The Morgan fingerprint density at radius 2 is 1.88 bits per heavy atom. The molecule has 2 aromatic rings. The number of amides is 1. The van der Waals surface area contributed by atoms with Crippen LogP contribution in [-0.2, 0) is 4.79 Å². The number of nitrogens with one attached hydrogen (secondary N) is 1. The molecule has 1 N–H and O–H groups in total. The second kappa shape index (κ2) is 6.22. The summed E-state index contributed by atoms with van der Waals surface area (Å²) < 4.78 is 49.2. The fourth-order valence-electron chi connectivity index (χ4n) is 2.59. The molecule has 0 unspecified atom stereocenters. The molecule has 3 rings (SSSR count). The number of hydrogen-bond acceptors (Lipinski definition) is 2. The lowest BCUT2D eigenvalue weighted by molar-refractivity contribution is -0.139. The zero-order valence-electron chi connectivity index (χ0n) is 12.5. The van der Waals surface area contributed by atoms with E-state index < -0.39 is 24.5 Å². The summed E-state index contributed by atoms with van der Waals surface area (Å²) in [5, 5.41) is 1.91. The monoisotopic (exact) mass is 338 g/mol. The number of pyridine rings is 1. The number of halogens is 4. The Hall–Kier alpha value is -2.44. The zero-order valence-corrected chi connectivity index (χ0v) is 12.5. The first-order valence-corrected chi connectivity index (χ1v) is 7.40. The minimum Gasteiger partial charge on any atom is -0.347 e. The van der Waals surface area contributed by atoms with Crippen LogP contribution in [0.1, 0.15) is 17.9 Å². The van der Waals surface area contributed by atoms with Crippen molar-refractivity contribution < 1.29 is 22.4 Å². The molecule has 2 atom stereocenters. The average Bonchev–Trinajstić information content (AvgIpc) is 3.33. The van der Waals surface area contributed by atoms with E-state index in [2.05, 4.69) is 4.98 Å². The van der Waals surface area contributed by atoms with Crippen LogP contribution >= 0.6 is 0 Å². The molecule has 1 heterocycles. The molecule has 0 saturated heterocycles. The predicted molar refractivity (Wildman–Crippen MR) is 79.5 cm³/mol. The van der Waals surface area contributed by atoms with Crippen molar-refractivity contribution in [3.63, 3.8) is 0 Å². The molecule has 7 heteroatoms. The van der Waals surface area contributed by atoms with E-state index in [0.717, 1.165) is 11.1 Å². The molecule has 1 aromatic carbocycles. The highest BCUT2D eigenvalue weighted by Crippen LogP contribution is 2.47. The minimum atomic E-state index is -4.40. The van der Waals surface area contributed by atoms with Gasteiger partial charge in [-0.3, -0.25) is 9.78 Å². The van der Waals surface area contributed by atoms with E-state index in [4.69, 9.17) is 0 Å². The third kappa shape index (κ3) is 3.90. The fraction of sp³-hybridized carbons (Fsp3) is 0.294. The highest BCUT2D eigenvalue weighted by molar-refractivity contribution is 5.82. The predicted octanol–water partition coefficient (Wildman–Crippen LogP) is 3.67. The summed E-state index contributed by atoms with van der Waals surface area (Å²) in [6.07, 6.45) is -2.28. The zero-order chi connectivity index (χ0) is 17.3. The summed E-state index contributed by atoms with van der Waals surface area (Å²) in [7, 11) is 0. The van der Waals surface area contributed by atoms with Crippen molar-refractivity contribution in [2.75, 3.05) is 6.54 Å². The van der Waals surface area contributed by atoms with Crippen LogP contribution < -0.4 is 5.32 Å². The number of aromatic nitrogens is 1. The van der Waals surface area contributed by atoms with Crippen molar-refractivity contribution in [1.82, 2.24) is 10.3 Å². The molecule has 0 aliphatic heterocycles.